The van der Waals surface area contributed by atoms with Crippen molar-refractivity contribution >= 4 is 70.4 Å². The lowest BCUT2D eigenvalue weighted by Crippen LogP contribution is -2.13. The lowest BCUT2D eigenvalue weighted by molar-refractivity contribution is 0.0378. The summed E-state index contributed by atoms with van der Waals surface area (Å²) in [5, 5.41) is 3.21. The number of hydrogen-bond donors (Lipinski definition) is 1. The number of amides is 1. The van der Waals surface area contributed by atoms with Crippen molar-refractivity contribution in [3.05, 3.63) is 50.4 Å². The van der Waals surface area contributed by atoms with Gasteiger partial charge in [-0.3, -0.25) is 10.1 Å². The molecule has 9 heteroatoms. The lowest BCUT2D eigenvalue weighted by Gasteiger charge is -2.10. The van der Waals surface area contributed by atoms with Crippen LogP contribution < -0.4 is 10.1 Å². The first kappa shape index (κ1) is 20.8. The van der Waals surface area contributed by atoms with Gasteiger partial charge in [0.25, 0.3) is 5.91 Å². The van der Waals surface area contributed by atoms with Crippen molar-refractivity contribution in [2.45, 2.75) is 20.0 Å². The molecule has 0 aliphatic rings. The topological polar surface area (TPSA) is 77.5 Å². The molecule has 0 spiro atoms. The maximum absolute atomic E-state index is 12.7. The van der Waals surface area contributed by atoms with E-state index >= 15 is 0 Å². The molecule has 6 nitrogen and oxygen atoms in total. The SMILES string of the molecule is COc1c(Br)cc(Br)cc1C(=O)Nc1nc2ccc(C(=O)OC(C)C)cc2s1. The van der Waals surface area contributed by atoms with Gasteiger partial charge in [0.2, 0.25) is 0 Å². The second-order valence-electron chi connectivity index (χ2n) is 6.08. The Bertz CT molecular complexity index is 1070. The van der Waals surface area contributed by atoms with Crippen molar-refractivity contribution in [1.29, 1.82) is 0 Å². The van der Waals surface area contributed by atoms with E-state index in [4.69, 9.17) is 9.47 Å². The number of nitrogens with zero attached hydrogens (tertiary/aromatic N) is 1. The van der Waals surface area contributed by atoms with Crippen molar-refractivity contribution in [2.75, 3.05) is 12.4 Å². The van der Waals surface area contributed by atoms with Crippen LogP contribution in [0.4, 0.5) is 5.13 Å². The Labute approximate surface area is 182 Å². The van der Waals surface area contributed by atoms with Crippen LogP contribution in [0.15, 0.2) is 39.3 Å². The monoisotopic (exact) mass is 526 g/mol. The highest BCUT2D eigenvalue weighted by Crippen LogP contribution is 2.34. The van der Waals surface area contributed by atoms with Gasteiger partial charge in [-0.1, -0.05) is 27.3 Å². The van der Waals surface area contributed by atoms with E-state index in [0.717, 1.165) is 9.17 Å². The van der Waals surface area contributed by atoms with E-state index < -0.39 is 0 Å². The third kappa shape index (κ3) is 4.53. The van der Waals surface area contributed by atoms with Gasteiger partial charge in [-0.2, -0.15) is 0 Å². The molecule has 0 bridgehead atoms. The Balaban J connectivity index is 1.87. The summed E-state index contributed by atoms with van der Waals surface area (Å²) in [7, 11) is 1.50. The first-order valence-corrected chi connectivity index (χ1v) is 10.6. The number of fused-ring (bicyclic) bond motifs is 1. The van der Waals surface area contributed by atoms with Crippen LogP contribution >= 0.6 is 43.2 Å². The van der Waals surface area contributed by atoms with E-state index in [1.807, 2.05) is 0 Å². The van der Waals surface area contributed by atoms with Crippen molar-refractivity contribution in [2.24, 2.45) is 0 Å². The minimum absolute atomic E-state index is 0.195. The highest BCUT2D eigenvalue weighted by atomic mass is 79.9. The molecule has 146 valence electrons. The van der Waals surface area contributed by atoms with Gasteiger partial charge in [0.05, 0.1) is 39.0 Å². The van der Waals surface area contributed by atoms with Crippen LogP contribution in [0.25, 0.3) is 10.2 Å². The standard InChI is InChI=1S/C19H16Br2N2O4S/c1-9(2)27-18(25)10-4-5-14-15(6-10)28-19(22-14)23-17(24)12-7-11(20)8-13(21)16(12)26-3/h4-9H,1-3H3,(H,22,23,24). The molecule has 0 fully saturated rings. The quantitative estimate of drug-likeness (QED) is 0.434. The molecule has 1 amide bonds. The van der Waals surface area contributed by atoms with Crippen LogP contribution in [0, 0.1) is 0 Å². The first-order valence-electron chi connectivity index (χ1n) is 8.24. The zero-order valence-electron chi connectivity index (χ0n) is 15.2. The summed E-state index contributed by atoms with van der Waals surface area (Å²) >= 11 is 8.04. The molecule has 0 atom stereocenters. The van der Waals surface area contributed by atoms with Gasteiger partial charge >= 0.3 is 5.97 Å². The van der Waals surface area contributed by atoms with Crippen molar-refractivity contribution in [3.63, 3.8) is 0 Å². The number of methoxy groups -OCH3 is 1. The Hall–Kier alpha value is -1.97. The third-order valence-corrected chi connectivity index (χ3v) is 5.62. The number of thiazole rings is 1. The largest absolute Gasteiger partial charge is 0.495 e. The fraction of sp³-hybridized carbons (Fsp3) is 0.211. The average Bonchev–Trinajstić information content (AvgIpc) is 3.01. The molecule has 28 heavy (non-hydrogen) atoms. The van der Waals surface area contributed by atoms with Crippen LogP contribution in [-0.4, -0.2) is 30.1 Å². The predicted octanol–water partition coefficient (Wildman–Crippen LogP) is 5.65. The van der Waals surface area contributed by atoms with Crippen LogP contribution in [0.2, 0.25) is 0 Å². The van der Waals surface area contributed by atoms with Gasteiger partial charge in [-0.15, -0.1) is 0 Å². The number of nitrogens with one attached hydrogen (secondary N) is 1. The van der Waals surface area contributed by atoms with E-state index in [2.05, 4.69) is 42.2 Å². The second kappa shape index (κ2) is 8.59. The molecule has 1 N–H and O–H groups in total. The van der Waals surface area contributed by atoms with Crippen LogP contribution in [0.5, 0.6) is 5.75 Å². The van der Waals surface area contributed by atoms with E-state index in [0.29, 0.717) is 32.0 Å². The average molecular weight is 528 g/mol. The minimum atomic E-state index is -0.389. The molecule has 0 radical (unpaired) electrons. The van der Waals surface area contributed by atoms with Gasteiger partial charge in [-0.05, 0) is 60.1 Å². The van der Waals surface area contributed by atoms with Crippen LogP contribution in [0.3, 0.4) is 0 Å². The summed E-state index contributed by atoms with van der Waals surface area (Å²) in [4.78, 5) is 29.2. The molecular formula is C19H16Br2N2O4S. The number of halogens is 2. The summed E-state index contributed by atoms with van der Waals surface area (Å²) in [5.74, 6) is -0.308. The van der Waals surface area contributed by atoms with E-state index in [1.165, 1.54) is 18.4 Å². The molecule has 1 aromatic heterocycles. The summed E-state index contributed by atoms with van der Waals surface area (Å²) in [6.07, 6.45) is -0.195. The molecule has 0 saturated heterocycles. The molecule has 2 aromatic carbocycles. The Kier molecular flexibility index (Phi) is 6.36. The number of carbonyl (C=O) groups is 2. The fourth-order valence-corrected chi connectivity index (χ4v) is 4.78. The van der Waals surface area contributed by atoms with Crippen molar-refractivity contribution in [3.8, 4) is 5.75 Å². The summed E-state index contributed by atoms with van der Waals surface area (Å²) in [6.45, 7) is 3.59. The first-order chi connectivity index (χ1) is 13.3. The number of esters is 1. The molecule has 0 saturated carbocycles. The van der Waals surface area contributed by atoms with Gasteiger partial charge in [0.1, 0.15) is 5.75 Å². The number of anilines is 1. The molecule has 3 aromatic rings. The molecule has 1 heterocycles. The Morgan fingerprint density at radius 2 is 1.93 bits per heavy atom. The zero-order valence-corrected chi connectivity index (χ0v) is 19.2. The number of ether oxygens (including phenoxy) is 2. The molecule has 0 unspecified atom stereocenters. The van der Waals surface area contributed by atoms with Gasteiger partial charge in [0, 0.05) is 4.47 Å². The zero-order chi connectivity index (χ0) is 20.4. The number of aromatic nitrogens is 1. The van der Waals surface area contributed by atoms with Crippen molar-refractivity contribution in [1.82, 2.24) is 4.98 Å². The van der Waals surface area contributed by atoms with E-state index in [1.54, 1.807) is 44.2 Å². The van der Waals surface area contributed by atoms with E-state index in [-0.39, 0.29) is 18.0 Å². The Morgan fingerprint density at radius 1 is 1.18 bits per heavy atom. The Morgan fingerprint density at radius 3 is 2.61 bits per heavy atom. The molecule has 0 aliphatic heterocycles. The number of carbonyl (C=O) groups excluding carboxylic acids is 2. The third-order valence-electron chi connectivity index (χ3n) is 3.64. The maximum Gasteiger partial charge on any atom is 0.338 e. The summed E-state index contributed by atoms with van der Waals surface area (Å²) < 4.78 is 12.7. The smallest absolute Gasteiger partial charge is 0.338 e. The summed E-state index contributed by atoms with van der Waals surface area (Å²) in [5.41, 5.74) is 1.49. The number of benzene rings is 2. The van der Waals surface area contributed by atoms with Gasteiger partial charge < -0.3 is 9.47 Å². The van der Waals surface area contributed by atoms with Gasteiger partial charge in [0.15, 0.2) is 5.13 Å². The van der Waals surface area contributed by atoms with Crippen LogP contribution in [-0.2, 0) is 4.74 Å². The summed E-state index contributed by atoms with van der Waals surface area (Å²) in [6, 6.07) is 8.57. The fourth-order valence-electron chi connectivity index (χ4n) is 2.49. The normalized spacial score (nSPS) is 10.9. The highest BCUT2D eigenvalue weighted by Gasteiger charge is 2.18. The molecule has 0 aliphatic carbocycles. The molecule has 3 rings (SSSR count). The predicted molar refractivity (Wildman–Crippen MR) is 117 cm³/mol. The van der Waals surface area contributed by atoms with Crippen molar-refractivity contribution < 1.29 is 19.1 Å². The number of hydrogen-bond acceptors (Lipinski definition) is 6. The minimum Gasteiger partial charge on any atom is -0.495 e. The van der Waals surface area contributed by atoms with Crippen LogP contribution in [0.1, 0.15) is 34.6 Å². The van der Waals surface area contributed by atoms with E-state index in [9.17, 15) is 9.59 Å². The van der Waals surface area contributed by atoms with Gasteiger partial charge in [-0.25, -0.2) is 9.78 Å². The maximum atomic E-state index is 12.7. The highest BCUT2D eigenvalue weighted by molar-refractivity contribution is 9.11. The number of rotatable bonds is 5. The second-order valence-corrected chi connectivity index (χ2v) is 8.88. The molecular weight excluding hydrogens is 512 g/mol. The lowest BCUT2D eigenvalue weighted by atomic mass is 10.2.